The van der Waals surface area contributed by atoms with Gasteiger partial charge in [0.15, 0.2) is 5.65 Å². The van der Waals surface area contributed by atoms with Gasteiger partial charge in [-0.3, -0.25) is 4.79 Å². The first-order valence-corrected chi connectivity index (χ1v) is 8.61. The molecule has 132 valence electrons. The molecule has 0 aliphatic heterocycles. The summed E-state index contributed by atoms with van der Waals surface area (Å²) in [6.45, 7) is 10.5. The highest BCUT2D eigenvalue weighted by Crippen LogP contribution is 2.25. The highest BCUT2D eigenvalue weighted by Gasteiger charge is 2.26. The van der Waals surface area contributed by atoms with E-state index in [0.29, 0.717) is 12.1 Å². The highest BCUT2D eigenvalue weighted by molar-refractivity contribution is 6.05. The number of aliphatic hydroxyl groups is 1. The Hall–Kier alpha value is -1.95. The van der Waals surface area contributed by atoms with E-state index in [4.69, 9.17) is 0 Å². The highest BCUT2D eigenvalue weighted by atomic mass is 16.3. The number of nitrogens with one attached hydrogen (secondary N) is 1. The molecule has 2 N–H and O–H groups in total. The quantitative estimate of drug-likeness (QED) is 0.817. The lowest BCUT2D eigenvalue weighted by molar-refractivity contribution is 0.0852. The Kier molecular flexibility index (Phi) is 5.59. The lowest BCUT2D eigenvalue weighted by Crippen LogP contribution is -2.39. The molecule has 1 amide bonds. The summed E-state index contributed by atoms with van der Waals surface area (Å²) < 4.78 is 1.83. The summed E-state index contributed by atoms with van der Waals surface area (Å²) in [6.07, 6.45) is 3.34. The molecule has 0 atom stereocenters. The SMILES string of the molecule is CCC(CC)(CO)CNC(=O)c1cc(C)nc2c1cnn2C(C)C. The number of aromatic nitrogens is 3. The molecule has 0 saturated carbocycles. The molecule has 0 fully saturated rings. The molecule has 6 nitrogen and oxygen atoms in total. The number of hydrogen-bond donors (Lipinski definition) is 2. The van der Waals surface area contributed by atoms with Crippen LogP contribution in [-0.4, -0.2) is 38.9 Å². The maximum Gasteiger partial charge on any atom is 0.252 e. The van der Waals surface area contributed by atoms with Crippen LogP contribution in [0.15, 0.2) is 12.3 Å². The topological polar surface area (TPSA) is 80.0 Å². The van der Waals surface area contributed by atoms with Crippen molar-refractivity contribution >= 4 is 16.9 Å². The van der Waals surface area contributed by atoms with Gasteiger partial charge < -0.3 is 10.4 Å². The van der Waals surface area contributed by atoms with Crippen LogP contribution in [0.4, 0.5) is 0 Å². The van der Waals surface area contributed by atoms with Crippen LogP contribution in [0, 0.1) is 12.3 Å². The van der Waals surface area contributed by atoms with Gasteiger partial charge in [-0.05, 0) is 39.7 Å². The summed E-state index contributed by atoms with van der Waals surface area (Å²) in [6, 6.07) is 1.97. The van der Waals surface area contributed by atoms with Crippen molar-refractivity contribution in [1.29, 1.82) is 0 Å². The molecule has 0 saturated heterocycles. The molecule has 2 aromatic rings. The van der Waals surface area contributed by atoms with Crippen molar-refractivity contribution in [3.63, 3.8) is 0 Å². The van der Waals surface area contributed by atoms with Gasteiger partial charge in [-0.15, -0.1) is 0 Å². The fourth-order valence-electron chi connectivity index (χ4n) is 2.85. The normalized spacial score (nSPS) is 12.1. The minimum atomic E-state index is -0.265. The molecule has 0 bridgehead atoms. The lowest BCUT2D eigenvalue weighted by Gasteiger charge is -2.29. The predicted octanol–water partition coefficient (Wildman–Crippen LogP) is 2.85. The summed E-state index contributed by atoms with van der Waals surface area (Å²) in [5.41, 5.74) is 1.84. The van der Waals surface area contributed by atoms with E-state index in [-0.39, 0.29) is 24.0 Å². The van der Waals surface area contributed by atoms with E-state index in [1.165, 1.54) is 0 Å². The maximum absolute atomic E-state index is 12.7. The van der Waals surface area contributed by atoms with Crippen LogP contribution in [0.25, 0.3) is 11.0 Å². The molecule has 24 heavy (non-hydrogen) atoms. The third-order valence-electron chi connectivity index (χ3n) is 4.89. The van der Waals surface area contributed by atoms with E-state index in [9.17, 15) is 9.90 Å². The number of aliphatic hydroxyl groups excluding tert-OH is 1. The number of pyridine rings is 1. The predicted molar refractivity (Wildman–Crippen MR) is 95.1 cm³/mol. The Bertz CT molecular complexity index is 709. The van der Waals surface area contributed by atoms with Crippen LogP contribution in [0.1, 0.15) is 62.6 Å². The standard InChI is InChI=1S/C18H28N4O2/c1-6-18(7-2,11-23)10-19-17(24)14-8-13(5)21-16-15(14)9-20-22(16)12(3)4/h8-9,12,23H,6-7,10-11H2,1-5H3,(H,19,24). The molecule has 0 radical (unpaired) electrons. The minimum absolute atomic E-state index is 0.0658. The Labute approximate surface area is 143 Å². The van der Waals surface area contributed by atoms with Crippen molar-refractivity contribution in [2.24, 2.45) is 5.41 Å². The zero-order chi connectivity index (χ0) is 17.9. The fraction of sp³-hybridized carbons (Fsp3) is 0.611. The zero-order valence-electron chi connectivity index (χ0n) is 15.3. The Morgan fingerprint density at radius 3 is 2.58 bits per heavy atom. The van der Waals surface area contributed by atoms with E-state index in [2.05, 4.69) is 15.4 Å². The number of amides is 1. The lowest BCUT2D eigenvalue weighted by atomic mass is 9.83. The van der Waals surface area contributed by atoms with E-state index in [1.54, 1.807) is 12.3 Å². The molecule has 0 unspecified atom stereocenters. The van der Waals surface area contributed by atoms with Crippen LogP contribution >= 0.6 is 0 Å². The number of carbonyl (C=O) groups excluding carboxylic acids is 1. The second-order valence-corrected chi connectivity index (χ2v) is 6.78. The minimum Gasteiger partial charge on any atom is -0.396 e. The van der Waals surface area contributed by atoms with Gasteiger partial charge in [0.05, 0.1) is 23.8 Å². The first-order chi connectivity index (χ1) is 11.4. The van der Waals surface area contributed by atoms with Gasteiger partial charge in [0.1, 0.15) is 0 Å². The van der Waals surface area contributed by atoms with Gasteiger partial charge in [0.25, 0.3) is 5.91 Å². The largest absolute Gasteiger partial charge is 0.396 e. The first-order valence-electron chi connectivity index (χ1n) is 8.61. The van der Waals surface area contributed by atoms with Gasteiger partial charge in [-0.25, -0.2) is 9.67 Å². The third kappa shape index (κ3) is 3.43. The fourth-order valence-corrected chi connectivity index (χ4v) is 2.85. The van der Waals surface area contributed by atoms with Crippen molar-refractivity contribution in [1.82, 2.24) is 20.1 Å². The van der Waals surface area contributed by atoms with Crippen LogP contribution in [0.2, 0.25) is 0 Å². The summed E-state index contributed by atoms with van der Waals surface area (Å²) in [7, 11) is 0. The summed E-state index contributed by atoms with van der Waals surface area (Å²) in [5, 5.41) is 17.8. The van der Waals surface area contributed by atoms with Crippen LogP contribution in [0.3, 0.4) is 0 Å². The number of rotatable bonds is 7. The number of hydrogen-bond acceptors (Lipinski definition) is 4. The van der Waals surface area contributed by atoms with Crippen molar-refractivity contribution in [2.45, 2.75) is 53.5 Å². The number of nitrogens with zero attached hydrogens (tertiary/aromatic N) is 3. The first kappa shape index (κ1) is 18.4. The third-order valence-corrected chi connectivity index (χ3v) is 4.89. The van der Waals surface area contributed by atoms with Gasteiger partial charge in [-0.1, -0.05) is 13.8 Å². The van der Waals surface area contributed by atoms with E-state index in [1.807, 2.05) is 39.3 Å². The summed E-state index contributed by atoms with van der Waals surface area (Å²) in [5.74, 6) is -0.145. The average molecular weight is 332 g/mol. The molecule has 0 spiro atoms. The molecule has 0 aliphatic carbocycles. The van der Waals surface area contributed by atoms with E-state index >= 15 is 0 Å². The van der Waals surface area contributed by atoms with E-state index < -0.39 is 0 Å². The average Bonchev–Trinajstić information content (AvgIpc) is 2.99. The summed E-state index contributed by atoms with van der Waals surface area (Å²) in [4.78, 5) is 17.3. The molecule has 2 heterocycles. The monoisotopic (exact) mass is 332 g/mol. The number of carbonyl (C=O) groups is 1. The van der Waals surface area contributed by atoms with Gasteiger partial charge >= 0.3 is 0 Å². The molecule has 6 heteroatoms. The molecular formula is C18H28N4O2. The molecule has 0 aromatic carbocycles. The number of fused-ring (bicyclic) bond motifs is 1. The second-order valence-electron chi connectivity index (χ2n) is 6.78. The van der Waals surface area contributed by atoms with Crippen LogP contribution < -0.4 is 5.32 Å². The molecular weight excluding hydrogens is 304 g/mol. The van der Waals surface area contributed by atoms with Crippen molar-refractivity contribution in [2.75, 3.05) is 13.2 Å². The Balaban J connectivity index is 2.33. The Morgan fingerprint density at radius 1 is 1.38 bits per heavy atom. The Morgan fingerprint density at radius 2 is 2.04 bits per heavy atom. The number of aryl methyl sites for hydroxylation is 1. The van der Waals surface area contributed by atoms with Crippen LogP contribution in [0.5, 0.6) is 0 Å². The van der Waals surface area contributed by atoms with Gasteiger partial charge in [0.2, 0.25) is 0 Å². The maximum atomic E-state index is 12.7. The van der Waals surface area contributed by atoms with Crippen molar-refractivity contribution in [3.8, 4) is 0 Å². The van der Waals surface area contributed by atoms with Crippen molar-refractivity contribution < 1.29 is 9.90 Å². The molecule has 2 rings (SSSR count). The molecule has 2 aromatic heterocycles. The molecule has 0 aliphatic rings. The smallest absolute Gasteiger partial charge is 0.252 e. The second kappa shape index (κ2) is 7.30. The van der Waals surface area contributed by atoms with Gasteiger partial charge in [0, 0.05) is 23.7 Å². The summed E-state index contributed by atoms with van der Waals surface area (Å²) >= 11 is 0. The van der Waals surface area contributed by atoms with E-state index in [0.717, 1.165) is 29.6 Å². The van der Waals surface area contributed by atoms with Crippen LogP contribution in [-0.2, 0) is 0 Å². The van der Waals surface area contributed by atoms with Gasteiger partial charge in [-0.2, -0.15) is 5.10 Å². The van der Waals surface area contributed by atoms with Crippen molar-refractivity contribution in [3.05, 3.63) is 23.5 Å². The zero-order valence-corrected chi connectivity index (χ0v) is 15.3.